The third-order valence-corrected chi connectivity index (χ3v) is 3.95. The number of nitriles is 1. The first kappa shape index (κ1) is 18.2. The molecule has 0 radical (unpaired) electrons. The lowest BCUT2D eigenvalue weighted by Gasteiger charge is -2.10. The lowest BCUT2D eigenvalue weighted by atomic mass is 10.1. The Labute approximate surface area is 157 Å². The van der Waals surface area contributed by atoms with Gasteiger partial charge in [-0.3, -0.25) is 9.78 Å². The molecule has 3 aromatic rings. The maximum atomic E-state index is 12.3. The highest BCUT2D eigenvalue weighted by Crippen LogP contribution is 2.24. The Bertz CT molecular complexity index is 1020. The summed E-state index contributed by atoms with van der Waals surface area (Å²) in [5, 5.41) is 12.5. The monoisotopic (exact) mass is 360 g/mol. The molecule has 0 fully saturated rings. The van der Waals surface area contributed by atoms with Crippen LogP contribution >= 0.6 is 0 Å². The molecule has 0 aliphatic heterocycles. The predicted octanol–water partition coefficient (Wildman–Crippen LogP) is 4.15. The lowest BCUT2D eigenvalue weighted by molar-refractivity contribution is 0.317. The van der Waals surface area contributed by atoms with Gasteiger partial charge in [-0.15, -0.1) is 0 Å². The summed E-state index contributed by atoms with van der Waals surface area (Å²) < 4.78 is 5.57. The zero-order chi connectivity index (χ0) is 19.2. The number of benzene rings is 2. The molecule has 1 heterocycles. The molecule has 1 aromatic heterocycles. The first-order chi connectivity index (χ1) is 13.1. The van der Waals surface area contributed by atoms with E-state index in [2.05, 4.69) is 15.3 Å². The Morgan fingerprint density at radius 3 is 2.48 bits per heavy atom. The summed E-state index contributed by atoms with van der Waals surface area (Å²) >= 11 is 0. The summed E-state index contributed by atoms with van der Waals surface area (Å²) in [5.74, 6) is 1.02. The van der Waals surface area contributed by atoms with Crippen LogP contribution in [0.5, 0.6) is 5.75 Å². The number of rotatable bonds is 6. The topological polar surface area (TPSA) is 90.8 Å². The second-order valence-corrected chi connectivity index (χ2v) is 6.11. The fourth-order valence-electron chi connectivity index (χ4n) is 2.55. The SMILES string of the molecule is CCCOc1ccc(-c2nc(Nc3ccc(C)cc3)[nH]c(=O)c2C#N)cc1. The minimum Gasteiger partial charge on any atom is -0.494 e. The van der Waals surface area contributed by atoms with Gasteiger partial charge in [0.2, 0.25) is 5.95 Å². The van der Waals surface area contributed by atoms with Gasteiger partial charge in [-0.05, 0) is 49.7 Å². The summed E-state index contributed by atoms with van der Waals surface area (Å²) in [4.78, 5) is 19.4. The van der Waals surface area contributed by atoms with E-state index in [0.29, 0.717) is 17.9 Å². The van der Waals surface area contributed by atoms with Gasteiger partial charge in [-0.25, -0.2) is 4.98 Å². The fraction of sp³-hybridized carbons (Fsp3) is 0.190. The number of aromatic nitrogens is 2. The Balaban J connectivity index is 1.96. The molecular formula is C21H20N4O2. The number of anilines is 2. The van der Waals surface area contributed by atoms with Crippen LogP contribution in [0.25, 0.3) is 11.3 Å². The van der Waals surface area contributed by atoms with Crippen LogP contribution in [-0.4, -0.2) is 16.6 Å². The van der Waals surface area contributed by atoms with E-state index in [-0.39, 0.29) is 11.5 Å². The molecule has 27 heavy (non-hydrogen) atoms. The van der Waals surface area contributed by atoms with Crippen LogP contribution in [0.4, 0.5) is 11.6 Å². The summed E-state index contributed by atoms with van der Waals surface area (Å²) in [7, 11) is 0. The molecule has 0 aliphatic carbocycles. The number of hydrogen-bond donors (Lipinski definition) is 2. The third kappa shape index (κ3) is 4.33. The third-order valence-electron chi connectivity index (χ3n) is 3.95. The number of H-pyrrole nitrogens is 1. The Hall–Kier alpha value is -3.59. The zero-order valence-corrected chi connectivity index (χ0v) is 15.2. The van der Waals surface area contributed by atoms with E-state index in [0.717, 1.165) is 23.4 Å². The number of nitrogens with one attached hydrogen (secondary N) is 2. The molecule has 136 valence electrons. The minimum atomic E-state index is -0.483. The highest BCUT2D eigenvalue weighted by molar-refractivity contribution is 5.68. The molecule has 0 spiro atoms. The van der Waals surface area contributed by atoms with Gasteiger partial charge in [0, 0.05) is 11.3 Å². The van der Waals surface area contributed by atoms with E-state index in [1.807, 2.05) is 56.3 Å². The molecule has 3 rings (SSSR count). The first-order valence-electron chi connectivity index (χ1n) is 8.72. The highest BCUT2D eigenvalue weighted by Gasteiger charge is 2.13. The van der Waals surface area contributed by atoms with Crippen molar-refractivity contribution in [2.45, 2.75) is 20.3 Å². The maximum absolute atomic E-state index is 12.3. The van der Waals surface area contributed by atoms with Crippen molar-refractivity contribution in [3.05, 3.63) is 70.0 Å². The second-order valence-electron chi connectivity index (χ2n) is 6.11. The molecule has 2 aromatic carbocycles. The maximum Gasteiger partial charge on any atom is 0.270 e. The molecule has 0 bridgehead atoms. The van der Waals surface area contributed by atoms with Crippen LogP contribution in [0.2, 0.25) is 0 Å². The van der Waals surface area contributed by atoms with Crippen molar-refractivity contribution in [1.29, 1.82) is 5.26 Å². The molecule has 2 N–H and O–H groups in total. The molecule has 6 nitrogen and oxygen atoms in total. The van der Waals surface area contributed by atoms with Crippen LogP contribution in [0, 0.1) is 18.3 Å². The average Bonchev–Trinajstić information content (AvgIpc) is 2.68. The van der Waals surface area contributed by atoms with Crippen LogP contribution in [0.15, 0.2) is 53.3 Å². The minimum absolute atomic E-state index is 0.0216. The van der Waals surface area contributed by atoms with Gasteiger partial charge >= 0.3 is 0 Å². The molecular weight excluding hydrogens is 340 g/mol. The normalized spacial score (nSPS) is 10.3. The van der Waals surface area contributed by atoms with Crippen molar-refractivity contribution in [2.24, 2.45) is 0 Å². The standard InChI is InChI=1S/C21H20N4O2/c1-3-12-27-17-10-6-15(7-11-17)19-18(13-22)20(26)25-21(24-19)23-16-8-4-14(2)5-9-16/h4-11H,3,12H2,1-2H3,(H2,23,24,25,26). The quantitative estimate of drug-likeness (QED) is 0.689. The van der Waals surface area contributed by atoms with Gasteiger partial charge in [0.15, 0.2) is 0 Å². The average molecular weight is 360 g/mol. The molecule has 0 saturated heterocycles. The number of aromatic amines is 1. The van der Waals surface area contributed by atoms with Gasteiger partial charge < -0.3 is 10.1 Å². The van der Waals surface area contributed by atoms with E-state index in [1.165, 1.54) is 0 Å². The van der Waals surface area contributed by atoms with Crippen molar-refractivity contribution < 1.29 is 4.74 Å². The lowest BCUT2D eigenvalue weighted by Crippen LogP contribution is -2.16. The van der Waals surface area contributed by atoms with Crippen molar-refractivity contribution in [2.75, 3.05) is 11.9 Å². The largest absolute Gasteiger partial charge is 0.494 e. The van der Waals surface area contributed by atoms with Crippen LogP contribution in [0.1, 0.15) is 24.5 Å². The number of aryl methyl sites for hydroxylation is 1. The summed E-state index contributed by atoms with van der Waals surface area (Å²) in [6, 6.07) is 16.9. The summed E-state index contributed by atoms with van der Waals surface area (Å²) in [5.41, 5.74) is 2.43. The van der Waals surface area contributed by atoms with Gasteiger partial charge in [0.1, 0.15) is 17.4 Å². The summed E-state index contributed by atoms with van der Waals surface area (Å²) in [6.07, 6.45) is 0.921. The molecule has 0 amide bonds. The van der Waals surface area contributed by atoms with Gasteiger partial charge in [0.05, 0.1) is 12.3 Å². The smallest absolute Gasteiger partial charge is 0.270 e. The molecule has 6 heteroatoms. The van der Waals surface area contributed by atoms with Crippen molar-refractivity contribution in [1.82, 2.24) is 9.97 Å². The summed E-state index contributed by atoms with van der Waals surface area (Å²) in [6.45, 7) is 4.67. The van der Waals surface area contributed by atoms with Gasteiger partial charge in [-0.2, -0.15) is 5.26 Å². The number of nitrogens with zero attached hydrogens (tertiary/aromatic N) is 2. The van der Waals surface area contributed by atoms with E-state index >= 15 is 0 Å². The van der Waals surface area contributed by atoms with E-state index < -0.39 is 5.56 Å². The highest BCUT2D eigenvalue weighted by atomic mass is 16.5. The van der Waals surface area contributed by atoms with E-state index in [9.17, 15) is 10.1 Å². The Morgan fingerprint density at radius 2 is 1.85 bits per heavy atom. The number of hydrogen-bond acceptors (Lipinski definition) is 5. The van der Waals surface area contributed by atoms with Crippen LogP contribution < -0.4 is 15.6 Å². The Morgan fingerprint density at radius 1 is 1.15 bits per heavy atom. The Kier molecular flexibility index (Phi) is 5.53. The molecule has 0 aliphatic rings. The molecule has 0 saturated carbocycles. The predicted molar refractivity (Wildman–Crippen MR) is 105 cm³/mol. The van der Waals surface area contributed by atoms with Gasteiger partial charge in [-0.1, -0.05) is 24.6 Å². The van der Waals surface area contributed by atoms with Gasteiger partial charge in [0.25, 0.3) is 5.56 Å². The van der Waals surface area contributed by atoms with E-state index in [4.69, 9.17) is 4.74 Å². The fourth-order valence-corrected chi connectivity index (χ4v) is 2.55. The van der Waals surface area contributed by atoms with Crippen LogP contribution in [0.3, 0.4) is 0 Å². The van der Waals surface area contributed by atoms with Crippen LogP contribution in [-0.2, 0) is 0 Å². The molecule has 0 atom stereocenters. The number of ether oxygens (including phenoxy) is 1. The van der Waals surface area contributed by atoms with Crippen molar-refractivity contribution >= 4 is 11.6 Å². The van der Waals surface area contributed by atoms with E-state index in [1.54, 1.807) is 12.1 Å². The first-order valence-corrected chi connectivity index (χ1v) is 8.72. The molecule has 0 unspecified atom stereocenters. The van der Waals surface area contributed by atoms with Crippen molar-refractivity contribution in [3.8, 4) is 23.1 Å². The second kappa shape index (κ2) is 8.19. The van der Waals surface area contributed by atoms with Crippen molar-refractivity contribution in [3.63, 3.8) is 0 Å². The zero-order valence-electron chi connectivity index (χ0n) is 15.2.